The number of aliphatic hydroxyl groups is 1. The number of hydrogen-bond donors (Lipinski definition) is 3. The van der Waals surface area contributed by atoms with Crippen LogP contribution in [0.1, 0.15) is 46.8 Å². The van der Waals surface area contributed by atoms with Gasteiger partial charge in [-0.15, -0.1) is 0 Å². The Labute approximate surface area is 168 Å². The van der Waals surface area contributed by atoms with Crippen molar-refractivity contribution in [2.24, 2.45) is 0 Å². The molecule has 1 unspecified atom stereocenters. The summed E-state index contributed by atoms with van der Waals surface area (Å²) < 4.78 is 10.5. The summed E-state index contributed by atoms with van der Waals surface area (Å²) in [5, 5.41) is 30.4. The first-order chi connectivity index (χ1) is 13.7. The largest absolute Gasteiger partial charge is 0.507 e. The fourth-order valence-electron chi connectivity index (χ4n) is 3.78. The van der Waals surface area contributed by atoms with Gasteiger partial charge in [-0.2, -0.15) is 0 Å². The highest BCUT2D eigenvalue weighted by molar-refractivity contribution is 5.98. The summed E-state index contributed by atoms with van der Waals surface area (Å²) in [5.41, 5.74) is 1.39. The first-order valence-electron chi connectivity index (χ1n) is 9.26. The summed E-state index contributed by atoms with van der Waals surface area (Å²) in [7, 11) is 1.49. The smallest absolute Gasteiger partial charge is 0.342 e. The zero-order valence-corrected chi connectivity index (χ0v) is 16.6. The first kappa shape index (κ1) is 20.7. The van der Waals surface area contributed by atoms with Crippen molar-refractivity contribution >= 4 is 11.9 Å². The van der Waals surface area contributed by atoms with Crippen LogP contribution in [0.3, 0.4) is 0 Å². The second-order valence-electron chi connectivity index (χ2n) is 7.54. The highest BCUT2D eigenvalue weighted by Gasteiger charge is 2.32. The third-order valence-electron chi connectivity index (χ3n) is 5.29. The summed E-state index contributed by atoms with van der Waals surface area (Å²) in [4.78, 5) is 23.6. The van der Waals surface area contributed by atoms with Crippen LogP contribution in [0.15, 0.2) is 35.5 Å². The molecule has 0 radical (unpaired) electrons. The maximum Gasteiger partial charge on any atom is 0.342 e. The molecule has 0 saturated carbocycles. The molecule has 0 spiro atoms. The van der Waals surface area contributed by atoms with E-state index in [-0.39, 0.29) is 36.3 Å². The number of carboxylic acid groups (broad SMARTS) is 1. The number of phenols is 1. The molecule has 1 aliphatic carbocycles. The molecule has 3 N–H and O–H groups in total. The molecule has 154 valence electrons. The fraction of sp³-hybridized carbons (Fsp3) is 0.364. The summed E-state index contributed by atoms with van der Waals surface area (Å²) in [6, 6.07) is 0. The third kappa shape index (κ3) is 3.91. The van der Waals surface area contributed by atoms with Crippen molar-refractivity contribution in [3.8, 4) is 11.5 Å². The molecule has 0 fully saturated rings. The molecule has 1 aromatic carbocycles. The number of methoxy groups -OCH3 is 1. The lowest BCUT2D eigenvalue weighted by Gasteiger charge is -2.20. The molecule has 2 aliphatic rings. The zero-order valence-electron chi connectivity index (χ0n) is 16.6. The minimum Gasteiger partial charge on any atom is -0.507 e. The zero-order chi connectivity index (χ0) is 21.3. The SMILES string of the molecule is COc1c(C)c2c(c(O)c1C/C=C/C1=C(C(=O)O)CC(C)(O)CC=C1)C(=O)OC2. The van der Waals surface area contributed by atoms with Crippen molar-refractivity contribution in [1.82, 2.24) is 0 Å². The number of ether oxygens (including phenoxy) is 2. The van der Waals surface area contributed by atoms with Gasteiger partial charge in [-0.3, -0.25) is 0 Å². The molecule has 3 rings (SSSR count). The summed E-state index contributed by atoms with van der Waals surface area (Å²) in [6.45, 7) is 3.50. The lowest BCUT2D eigenvalue weighted by atomic mass is 9.93. The summed E-state index contributed by atoms with van der Waals surface area (Å²) in [6.07, 6.45) is 7.34. The number of carbonyl (C=O) groups excluding carboxylic acids is 1. The van der Waals surface area contributed by atoms with Crippen LogP contribution in [0.5, 0.6) is 11.5 Å². The Morgan fingerprint density at radius 3 is 2.79 bits per heavy atom. The minimum atomic E-state index is -1.13. The molecule has 1 heterocycles. The van der Waals surface area contributed by atoms with Gasteiger partial charge in [0, 0.05) is 23.1 Å². The van der Waals surface area contributed by atoms with Gasteiger partial charge in [-0.25, -0.2) is 9.59 Å². The number of aromatic hydroxyl groups is 1. The molecular formula is C22H24O7. The van der Waals surface area contributed by atoms with Gasteiger partial charge in [0.2, 0.25) is 0 Å². The number of benzene rings is 1. The number of fused-ring (bicyclic) bond motifs is 1. The molecule has 29 heavy (non-hydrogen) atoms. The van der Waals surface area contributed by atoms with E-state index in [1.807, 2.05) is 0 Å². The van der Waals surface area contributed by atoms with Gasteiger partial charge in [0.15, 0.2) is 0 Å². The number of carboxylic acids is 1. The highest BCUT2D eigenvalue weighted by Crippen LogP contribution is 2.42. The number of phenolic OH excluding ortho intramolecular Hbond substituents is 1. The Balaban J connectivity index is 1.98. The van der Waals surface area contributed by atoms with E-state index in [4.69, 9.17) is 9.47 Å². The molecule has 0 amide bonds. The number of aliphatic carboxylic acids is 1. The molecule has 7 heteroatoms. The predicted octanol–water partition coefficient (Wildman–Crippen LogP) is 2.96. The van der Waals surface area contributed by atoms with Crippen LogP contribution in [0.2, 0.25) is 0 Å². The highest BCUT2D eigenvalue weighted by atomic mass is 16.5. The van der Waals surface area contributed by atoms with E-state index in [2.05, 4.69) is 0 Å². The van der Waals surface area contributed by atoms with E-state index in [0.29, 0.717) is 28.9 Å². The van der Waals surface area contributed by atoms with Crippen LogP contribution in [0.4, 0.5) is 0 Å². The van der Waals surface area contributed by atoms with Crippen LogP contribution in [-0.2, 0) is 22.6 Å². The van der Waals surface area contributed by atoms with Crippen molar-refractivity contribution in [2.75, 3.05) is 7.11 Å². The van der Waals surface area contributed by atoms with Gasteiger partial charge >= 0.3 is 11.9 Å². The normalized spacial score (nSPS) is 21.3. The van der Waals surface area contributed by atoms with E-state index in [0.717, 1.165) is 5.56 Å². The number of cyclic esters (lactones) is 1. The maximum absolute atomic E-state index is 12.0. The van der Waals surface area contributed by atoms with Gasteiger partial charge in [0.1, 0.15) is 23.7 Å². The van der Waals surface area contributed by atoms with Crippen LogP contribution < -0.4 is 4.74 Å². The van der Waals surface area contributed by atoms with Gasteiger partial charge in [0.25, 0.3) is 0 Å². The predicted molar refractivity (Wildman–Crippen MR) is 105 cm³/mol. The monoisotopic (exact) mass is 400 g/mol. The van der Waals surface area contributed by atoms with Crippen molar-refractivity contribution in [3.63, 3.8) is 0 Å². The van der Waals surface area contributed by atoms with Crippen LogP contribution in [0.25, 0.3) is 0 Å². The van der Waals surface area contributed by atoms with E-state index >= 15 is 0 Å². The standard InChI is InChI=1S/C22H24O7/c1-12-16-11-29-21(26)17(16)18(23)14(19(12)28-3)8-4-6-13-7-5-9-22(2,27)10-15(13)20(24)25/h4-7,23,27H,8-11H2,1-3H3,(H,24,25)/b6-4+. The molecule has 1 aliphatic heterocycles. The number of allylic oxidation sites excluding steroid dienone is 4. The van der Waals surface area contributed by atoms with E-state index in [9.17, 15) is 24.9 Å². The Morgan fingerprint density at radius 1 is 1.41 bits per heavy atom. The van der Waals surface area contributed by atoms with Crippen molar-refractivity contribution in [3.05, 3.63) is 57.7 Å². The second-order valence-corrected chi connectivity index (χ2v) is 7.54. The maximum atomic E-state index is 12.0. The lowest BCUT2D eigenvalue weighted by Crippen LogP contribution is -2.25. The average molecular weight is 400 g/mol. The summed E-state index contributed by atoms with van der Waals surface area (Å²) >= 11 is 0. The minimum absolute atomic E-state index is 0.0212. The molecule has 1 aromatic rings. The van der Waals surface area contributed by atoms with E-state index < -0.39 is 17.5 Å². The van der Waals surface area contributed by atoms with Gasteiger partial charge in [0.05, 0.1) is 12.7 Å². The van der Waals surface area contributed by atoms with Gasteiger partial charge in [-0.05, 0) is 37.8 Å². The van der Waals surface area contributed by atoms with Gasteiger partial charge < -0.3 is 24.8 Å². The number of rotatable bonds is 5. The van der Waals surface area contributed by atoms with E-state index in [1.165, 1.54) is 7.11 Å². The molecular weight excluding hydrogens is 376 g/mol. The second kappa shape index (κ2) is 7.75. The van der Waals surface area contributed by atoms with Crippen molar-refractivity contribution in [2.45, 2.75) is 45.3 Å². The summed E-state index contributed by atoms with van der Waals surface area (Å²) in [5.74, 6) is -1.37. The quantitative estimate of drug-likeness (QED) is 0.651. The average Bonchev–Trinajstić information content (AvgIpc) is 2.96. The van der Waals surface area contributed by atoms with Crippen LogP contribution in [-0.4, -0.2) is 40.0 Å². The molecule has 7 nitrogen and oxygen atoms in total. The molecule has 0 aromatic heterocycles. The molecule has 1 atom stereocenters. The Morgan fingerprint density at radius 2 is 2.14 bits per heavy atom. The van der Waals surface area contributed by atoms with Gasteiger partial charge in [-0.1, -0.05) is 24.3 Å². The third-order valence-corrected chi connectivity index (χ3v) is 5.29. The number of carbonyl (C=O) groups is 2. The molecule has 0 saturated heterocycles. The van der Waals surface area contributed by atoms with E-state index in [1.54, 1.807) is 38.2 Å². The van der Waals surface area contributed by atoms with Crippen LogP contribution in [0, 0.1) is 6.92 Å². The Bertz CT molecular complexity index is 964. The number of esters is 1. The van der Waals surface area contributed by atoms with Crippen molar-refractivity contribution < 1.29 is 34.4 Å². The molecule has 0 bridgehead atoms. The lowest BCUT2D eigenvalue weighted by molar-refractivity contribution is -0.133. The Hall–Kier alpha value is -3.06. The fourth-order valence-corrected chi connectivity index (χ4v) is 3.78. The van der Waals surface area contributed by atoms with Crippen LogP contribution >= 0.6 is 0 Å². The Kier molecular flexibility index (Phi) is 5.53. The first-order valence-corrected chi connectivity index (χ1v) is 9.26. The topological polar surface area (TPSA) is 113 Å². The van der Waals surface area contributed by atoms with Crippen molar-refractivity contribution in [1.29, 1.82) is 0 Å². The number of hydrogen-bond acceptors (Lipinski definition) is 6.